The summed E-state index contributed by atoms with van der Waals surface area (Å²) in [5, 5.41) is 29.7. The summed E-state index contributed by atoms with van der Waals surface area (Å²) in [6.07, 6.45) is 2.20. The number of anilines is 1. The van der Waals surface area contributed by atoms with E-state index in [2.05, 4.69) is 40.5 Å². The van der Waals surface area contributed by atoms with Crippen molar-refractivity contribution in [3.05, 3.63) is 69.8 Å². The Balaban J connectivity index is 0.000000569. The highest BCUT2D eigenvalue weighted by Gasteiger charge is 2.20. The predicted octanol–water partition coefficient (Wildman–Crippen LogP) is 2.57. The molecule has 10 nitrogen and oxygen atoms in total. The van der Waals surface area contributed by atoms with Crippen molar-refractivity contribution in [2.75, 3.05) is 32.1 Å². The van der Waals surface area contributed by atoms with E-state index in [0.717, 1.165) is 38.0 Å². The van der Waals surface area contributed by atoms with E-state index >= 15 is 0 Å². The van der Waals surface area contributed by atoms with E-state index in [4.69, 9.17) is 19.8 Å². The second kappa shape index (κ2) is 12.5. The van der Waals surface area contributed by atoms with Gasteiger partial charge in [-0.1, -0.05) is 36.4 Å². The van der Waals surface area contributed by atoms with Crippen LogP contribution in [0.5, 0.6) is 0 Å². The van der Waals surface area contributed by atoms with Gasteiger partial charge in [-0.15, -0.1) is 0 Å². The quantitative estimate of drug-likeness (QED) is 0.325. The Morgan fingerprint density at radius 3 is 2.18 bits per heavy atom. The van der Waals surface area contributed by atoms with Crippen LogP contribution in [0.4, 0.5) is 11.4 Å². The maximum absolute atomic E-state index is 11.3. The van der Waals surface area contributed by atoms with Crippen LogP contribution in [0.2, 0.25) is 0 Å². The number of piperidine rings is 1. The first-order valence-corrected chi connectivity index (χ1v) is 10.6. The van der Waals surface area contributed by atoms with E-state index < -0.39 is 11.9 Å². The fourth-order valence-electron chi connectivity index (χ4n) is 3.60. The molecule has 0 saturated carbocycles. The van der Waals surface area contributed by atoms with E-state index in [9.17, 15) is 10.1 Å². The summed E-state index contributed by atoms with van der Waals surface area (Å²) in [6.45, 7) is 3.82. The highest BCUT2D eigenvalue weighted by molar-refractivity contribution is 6.27. The molecular formula is C23H30N4O6. The van der Waals surface area contributed by atoms with Gasteiger partial charge in [-0.3, -0.25) is 15.0 Å². The molecule has 0 unspecified atom stereocenters. The minimum atomic E-state index is -1.82. The van der Waals surface area contributed by atoms with Gasteiger partial charge in [0.2, 0.25) is 0 Å². The lowest BCUT2D eigenvalue weighted by molar-refractivity contribution is -0.384. The monoisotopic (exact) mass is 458 g/mol. The molecule has 0 bridgehead atoms. The molecule has 0 radical (unpaired) electrons. The predicted molar refractivity (Wildman–Crippen MR) is 124 cm³/mol. The van der Waals surface area contributed by atoms with Gasteiger partial charge < -0.3 is 20.4 Å². The maximum Gasteiger partial charge on any atom is 0.414 e. The summed E-state index contributed by atoms with van der Waals surface area (Å²) in [7, 11) is 3.65. The van der Waals surface area contributed by atoms with Crippen LogP contribution in [-0.2, 0) is 22.7 Å². The molecule has 178 valence electrons. The summed E-state index contributed by atoms with van der Waals surface area (Å²) in [4.78, 5) is 33.5. The summed E-state index contributed by atoms with van der Waals surface area (Å²) in [5.74, 6) is -3.65. The first kappa shape index (κ1) is 25.8. The van der Waals surface area contributed by atoms with Crippen molar-refractivity contribution >= 4 is 23.3 Å². The molecule has 1 aliphatic rings. The topological polar surface area (TPSA) is 136 Å². The lowest BCUT2D eigenvalue weighted by Gasteiger charge is -2.32. The third-order valence-corrected chi connectivity index (χ3v) is 5.33. The molecule has 0 spiro atoms. The molecular weight excluding hydrogens is 428 g/mol. The highest BCUT2D eigenvalue weighted by Crippen LogP contribution is 2.27. The van der Waals surface area contributed by atoms with Crippen molar-refractivity contribution in [3.8, 4) is 0 Å². The standard InChI is InChI=1S/C21H28N4O2.C2H2O4/c1-23(2)20-9-8-18(14-21(20)25(26)27)15-22-19-10-12-24(13-11-19)16-17-6-4-3-5-7-17;3-1(4)2(5)6/h3-9,14,19,22H,10-13,15-16H2,1-2H3;(H,3,4)(H,5,6). The zero-order chi connectivity index (χ0) is 24.4. The minimum Gasteiger partial charge on any atom is -0.473 e. The van der Waals surface area contributed by atoms with Crippen LogP contribution in [0.3, 0.4) is 0 Å². The fourth-order valence-corrected chi connectivity index (χ4v) is 3.60. The lowest BCUT2D eigenvalue weighted by Crippen LogP contribution is -2.41. The zero-order valence-electron chi connectivity index (χ0n) is 18.8. The summed E-state index contributed by atoms with van der Waals surface area (Å²) in [6, 6.07) is 16.5. The third kappa shape index (κ3) is 8.51. The van der Waals surface area contributed by atoms with Crippen LogP contribution < -0.4 is 10.2 Å². The lowest BCUT2D eigenvalue weighted by atomic mass is 10.0. The maximum atomic E-state index is 11.3. The average molecular weight is 459 g/mol. The second-order valence-corrected chi connectivity index (χ2v) is 8.00. The Morgan fingerprint density at radius 2 is 1.67 bits per heavy atom. The van der Waals surface area contributed by atoms with E-state index in [1.54, 1.807) is 11.0 Å². The highest BCUT2D eigenvalue weighted by atomic mass is 16.6. The number of nitro benzene ring substituents is 1. The number of carbonyl (C=O) groups is 2. The number of aliphatic carboxylic acids is 2. The normalized spacial score (nSPS) is 14.1. The van der Waals surface area contributed by atoms with Crippen LogP contribution in [0.1, 0.15) is 24.0 Å². The zero-order valence-corrected chi connectivity index (χ0v) is 18.8. The molecule has 0 amide bonds. The molecule has 1 saturated heterocycles. The molecule has 0 aliphatic carbocycles. The van der Waals surface area contributed by atoms with Crippen molar-refractivity contribution in [1.29, 1.82) is 0 Å². The minimum absolute atomic E-state index is 0.164. The number of carboxylic acids is 2. The molecule has 1 fully saturated rings. The Labute approximate surface area is 192 Å². The smallest absolute Gasteiger partial charge is 0.414 e. The number of nitrogens with zero attached hydrogens (tertiary/aromatic N) is 3. The molecule has 3 N–H and O–H groups in total. The van der Waals surface area contributed by atoms with Gasteiger partial charge >= 0.3 is 11.9 Å². The van der Waals surface area contributed by atoms with E-state index in [1.165, 1.54) is 5.56 Å². The van der Waals surface area contributed by atoms with Crippen molar-refractivity contribution in [1.82, 2.24) is 10.2 Å². The van der Waals surface area contributed by atoms with Gasteiger partial charge in [-0.2, -0.15) is 0 Å². The number of hydrogen-bond acceptors (Lipinski definition) is 7. The molecule has 0 atom stereocenters. The van der Waals surface area contributed by atoms with Gasteiger partial charge in [-0.05, 0) is 43.1 Å². The van der Waals surface area contributed by atoms with Crippen LogP contribution in [0.25, 0.3) is 0 Å². The second-order valence-electron chi connectivity index (χ2n) is 8.00. The Morgan fingerprint density at radius 1 is 1.06 bits per heavy atom. The van der Waals surface area contributed by atoms with Crippen molar-refractivity contribution < 1.29 is 24.7 Å². The molecule has 2 aromatic rings. The van der Waals surface area contributed by atoms with Crippen LogP contribution >= 0.6 is 0 Å². The fraction of sp³-hybridized carbons (Fsp3) is 0.391. The Kier molecular flexibility index (Phi) is 9.77. The van der Waals surface area contributed by atoms with Gasteiger partial charge in [0.05, 0.1) is 4.92 Å². The number of rotatable bonds is 7. The van der Waals surface area contributed by atoms with Gasteiger partial charge in [0.15, 0.2) is 0 Å². The number of nitrogens with one attached hydrogen (secondary N) is 1. The first-order chi connectivity index (χ1) is 15.7. The molecule has 2 aromatic carbocycles. The van der Waals surface area contributed by atoms with Gasteiger partial charge in [0.25, 0.3) is 5.69 Å². The third-order valence-electron chi connectivity index (χ3n) is 5.33. The van der Waals surface area contributed by atoms with Gasteiger partial charge in [0, 0.05) is 39.3 Å². The van der Waals surface area contributed by atoms with E-state index in [1.807, 2.05) is 26.2 Å². The van der Waals surface area contributed by atoms with E-state index in [0.29, 0.717) is 18.3 Å². The SMILES string of the molecule is CN(C)c1ccc(CNC2CCN(Cc3ccccc3)CC2)cc1[N+](=O)[O-].O=C(O)C(=O)O. The largest absolute Gasteiger partial charge is 0.473 e. The molecule has 33 heavy (non-hydrogen) atoms. The first-order valence-electron chi connectivity index (χ1n) is 10.6. The Bertz CT molecular complexity index is 931. The van der Waals surface area contributed by atoms with Gasteiger partial charge in [-0.25, -0.2) is 9.59 Å². The number of carboxylic acid groups (broad SMARTS) is 2. The number of benzene rings is 2. The number of nitro groups is 1. The number of likely N-dealkylation sites (tertiary alicyclic amines) is 1. The average Bonchev–Trinajstić information content (AvgIpc) is 2.79. The van der Waals surface area contributed by atoms with Crippen LogP contribution in [-0.4, -0.2) is 65.2 Å². The van der Waals surface area contributed by atoms with Crippen molar-refractivity contribution in [2.45, 2.75) is 32.0 Å². The van der Waals surface area contributed by atoms with E-state index in [-0.39, 0.29) is 10.6 Å². The Hall–Kier alpha value is -3.50. The van der Waals surface area contributed by atoms with Gasteiger partial charge in [0.1, 0.15) is 5.69 Å². The molecule has 0 aromatic heterocycles. The van der Waals surface area contributed by atoms with Crippen LogP contribution in [0.15, 0.2) is 48.5 Å². The molecule has 1 aliphatic heterocycles. The van der Waals surface area contributed by atoms with Crippen LogP contribution in [0, 0.1) is 10.1 Å². The summed E-state index contributed by atoms with van der Waals surface area (Å²) in [5.41, 5.74) is 3.12. The summed E-state index contributed by atoms with van der Waals surface area (Å²) < 4.78 is 0. The molecule has 3 rings (SSSR count). The molecule has 10 heteroatoms. The van der Waals surface area contributed by atoms with Crippen molar-refractivity contribution in [2.24, 2.45) is 0 Å². The summed E-state index contributed by atoms with van der Waals surface area (Å²) >= 11 is 0. The molecule has 1 heterocycles. The van der Waals surface area contributed by atoms with Crippen molar-refractivity contribution in [3.63, 3.8) is 0 Å². The number of hydrogen-bond donors (Lipinski definition) is 3.